The lowest BCUT2D eigenvalue weighted by molar-refractivity contribution is -0.135. The fourth-order valence-corrected chi connectivity index (χ4v) is 3.07. The molecular weight excluding hydrogens is 302 g/mol. The Morgan fingerprint density at radius 2 is 1.62 bits per heavy atom. The molecule has 0 spiro atoms. The number of ketones is 1. The molecule has 1 aliphatic heterocycles. The van der Waals surface area contributed by atoms with Crippen LogP contribution in [-0.4, -0.2) is 59.3 Å². The molecule has 5 nitrogen and oxygen atoms in total. The van der Waals surface area contributed by atoms with Crippen molar-refractivity contribution < 1.29 is 9.59 Å². The summed E-state index contributed by atoms with van der Waals surface area (Å²) in [5.41, 5.74) is 1.19. The molecule has 0 N–H and O–H groups in total. The molecule has 1 aromatic heterocycles. The monoisotopic (exact) mass is 325 g/mol. The largest absolute Gasteiger partial charge is 0.338 e. The first-order chi connectivity index (χ1) is 11.6. The van der Waals surface area contributed by atoms with Crippen LogP contribution in [0.15, 0.2) is 48.7 Å². The van der Waals surface area contributed by atoms with Gasteiger partial charge in [0.15, 0.2) is 0 Å². The Balaban J connectivity index is 1.79. The van der Waals surface area contributed by atoms with Crippen LogP contribution < -0.4 is 0 Å². The van der Waals surface area contributed by atoms with Crippen LogP contribution in [0.2, 0.25) is 0 Å². The standard InChI is InChI=1S/C19H23N3O2/c1-15(19(24)21-13-11-20(2)12-14-21)22-10-6-9-17(22)18(23)16-7-4-3-5-8-16/h3-10,15H,11-14H2,1-2H3. The third-order valence-corrected chi connectivity index (χ3v) is 4.64. The molecule has 126 valence electrons. The molecule has 1 amide bonds. The summed E-state index contributed by atoms with van der Waals surface area (Å²) in [6.45, 7) is 5.12. The zero-order chi connectivity index (χ0) is 17.1. The number of benzene rings is 1. The molecule has 1 unspecified atom stereocenters. The summed E-state index contributed by atoms with van der Waals surface area (Å²) in [7, 11) is 2.06. The number of rotatable bonds is 4. The van der Waals surface area contributed by atoms with E-state index in [-0.39, 0.29) is 17.7 Å². The lowest BCUT2D eigenvalue weighted by Gasteiger charge is -2.34. The van der Waals surface area contributed by atoms with Crippen molar-refractivity contribution in [2.45, 2.75) is 13.0 Å². The predicted molar refractivity (Wildman–Crippen MR) is 93.1 cm³/mol. The SMILES string of the molecule is CC(C(=O)N1CCN(C)CC1)n1cccc1C(=O)c1ccccc1. The molecule has 2 heterocycles. The van der Waals surface area contributed by atoms with Crippen LogP contribution in [0.25, 0.3) is 0 Å². The van der Waals surface area contributed by atoms with E-state index in [4.69, 9.17) is 0 Å². The fourth-order valence-electron chi connectivity index (χ4n) is 3.07. The van der Waals surface area contributed by atoms with E-state index in [0.29, 0.717) is 11.3 Å². The number of amides is 1. The Morgan fingerprint density at radius 3 is 2.29 bits per heavy atom. The summed E-state index contributed by atoms with van der Waals surface area (Å²) in [5, 5.41) is 0. The molecular formula is C19H23N3O2. The van der Waals surface area contributed by atoms with Crippen molar-refractivity contribution in [1.29, 1.82) is 0 Å². The topological polar surface area (TPSA) is 45.6 Å². The van der Waals surface area contributed by atoms with Gasteiger partial charge in [0.25, 0.3) is 0 Å². The summed E-state index contributed by atoms with van der Waals surface area (Å²) >= 11 is 0. The Morgan fingerprint density at radius 1 is 0.958 bits per heavy atom. The molecule has 1 saturated heterocycles. The van der Waals surface area contributed by atoms with Gasteiger partial charge >= 0.3 is 0 Å². The summed E-state index contributed by atoms with van der Waals surface area (Å²) in [4.78, 5) is 29.6. The average Bonchev–Trinajstić information content (AvgIpc) is 3.11. The molecule has 3 rings (SSSR count). The van der Waals surface area contributed by atoms with Gasteiger partial charge in [-0.2, -0.15) is 0 Å². The van der Waals surface area contributed by atoms with Crippen LogP contribution >= 0.6 is 0 Å². The third kappa shape index (κ3) is 3.26. The highest BCUT2D eigenvalue weighted by atomic mass is 16.2. The minimum atomic E-state index is -0.383. The molecule has 24 heavy (non-hydrogen) atoms. The Labute approximate surface area is 142 Å². The third-order valence-electron chi connectivity index (χ3n) is 4.64. The Bertz CT molecular complexity index is 715. The highest BCUT2D eigenvalue weighted by Gasteiger charge is 2.26. The minimum Gasteiger partial charge on any atom is -0.338 e. The van der Waals surface area contributed by atoms with Gasteiger partial charge in [0.2, 0.25) is 11.7 Å². The maximum atomic E-state index is 12.8. The quantitative estimate of drug-likeness (QED) is 0.808. The number of hydrogen-bond donors (Lipinski definition) is 0. The van der Waals surface area contributed by atoms with Gasteiger partial charge in [-0.3, -0.25) is 9.59 Å². The smallest absolute Gasteiger partial charge is 0.245 e. The van der Waals surface area contributed by atoms with Gasteiger partial charge in [-0.1, -0.05) is 30.3 Å². The zero-order valence-electron chi connectivity index (χ0n) is 14.2. The van der Waals surface area contributed by atoms with Crippen LogP contribution in [0, 0.1) is 0 Å². The van der Waals surface area contributed by atoms with Crippen molar-refractivity contribution in [3.8, 4) is 0 Å². The van der Waals surface area contributed by atoms with E-state index in [1.165, 1.54) is 0 Å². The summed E-state index contributed by atoms with van der Waals surface area (Å²) in [6, 6.07) is 12.4. The van der Waals surface area contributed by atoms with Gasteiger partial charge in [0, 0.05) is 37.9 Å². The molecule has 5 heteroatoms. The number of carbonyl (C=O) groups is 2. The zero-order valence-corrected chi connectivity index (χ0v) is 14.2. The van der Waals surface area contributed by atoms with Crippen LogP contribution in [0.1, 0.15) is 29.0 Å². The van der Waals surface area contributed by atoms with Crippen molar-refractivity contribution in [2.75, 3.05) is 33.2 Å². The number of hydrogen-bond acceptors (Lipinski definition) is 3. The number of likely N-dealkylation sites (N-methyl/N-ethyl adjacent to an activating group) is 1. The molecule has 1 aliphatic rings. The van der Waals surface area contributed by atoms with Gasteiger partial charge in [0.1, 0.15) is 6.04 Å². The van der Waals surface area contributed by atoms with Crippen molar-refractivity contribution in [2.24, 2.45) is 0 Å². The molecule has 1 atom stereocenters. The first kappa shape index (κ1) is 16.5. The van der Waals surface area contributed by atoms with E-state index in [1.807, 2.05) is 42.3 Å². The molecule has 1 aromatic carbocycles. The predicted octanol–water partition coefficient (Wildman–Crippen LogP) is 2.05. The maximum Gasteiger partial charge on any atom is 0.245 e. The van der Waals surface area contributed by atoms with E-state index < -0.39 is 0 Å². The summed E-state index contributed by atoms with van der Waals surface area (Å²) in [6.07, 6.45) is 1.81. The molecule has 0 bridgehead atoms. The summed E-state index contributed by atoms with van der Waals surface area (Å²) < 4.78 is 1.79. The minimum absolute atomic E-state index is 0.0568. The van der Waals surface area contributed by atoms with Gasteiger partial charge in [0.05, 0.1) is 5.69 Å². The average molecular weight is 325 g/mol. The number of aromatic nitrogens is 1. The Kier molecular flexibility index (Phi) is 4.81. The van der Waals surface area contributed by atoms with Gasteiger partial charge in [-0.25, -0.2) is 0 Å². The van der Waals surface area contributed by atoms with Crippen molar-refractivity contribution in [3.05, 3.63) is 59.9 Å². The van der Waals surface area contributed by atoms with Crippen LogP contribution in [-0.2, 0) is 4.79 Å². The maximum absolute atomic E-state index is 12.8. The lowest BCUT2D eigenvalue weighted by Crippen LogP contribution is -2.49. The fraction of sp³-hybridized carbons (Fsp3) is 0.368. The van der Waals surface area contributed by atoms with E-state index in [2.05, 4.69) is 11.9 Å². The lowest BCUT2D eigenvalue weighted by atomic mass is 10.1. The van der Waals surface area contributed by atoms with E-state index >= 15 is 0 Å². The van der Waals surface area contributed by atoms with Crippen molar-refractivity contribution in [3.63, 3.8) is 0 Å². The molecule has 0 saturated carbocycles. The van der Waals surface area contributed by atoms with E-state index in [9.17, 15) is 9.59 Å². The highest BCUT2D eigenvalue weighted by molar-refractivity contribution is 6.08. The second kappa shape index (κ2) is 7.01. The normalized spacial score (nSPS) is 16.8. The second-order valence-corrected chi connectivity index (χ2v) is 6.30. The van der Waals surface area contributed by atoms with Crippen molar-refractivity contribution >= 4 is 11.7 Å². The molecule has 1 fully saturated rings. The van der Waals surface area contributed by atoms with Crippen LogP contribution in [0.4, 0.5) is 0 Å². The molecule has 2 aromatic rings. The first-order valence-corrected chi connectivity index (χ1v) is 8.32. The van der Waals surface area contributed by atoms with Gasteiger partial charge in [-0.05, 0) is 26.1 Å². The molecule has 0 radical (unpaired) electrons. The highest BCUT2D eigenvalue weighted by Crippen LogP contribution is 2.18. The van der Waals surface area contributed by atoms with Crippen molar-refractivity contribution in [1.82, 2.24) is 14.4 Å². The Hall–Kier alpha value is -2.40. The number of carbonyl (C=O) groups excluding carboxylic acids is 2. The van der Waals surface area contributed by atoms with E-state index in [1.54, 1.807) is 22.8 Å². The first-order valence-electron chi connectivity index (χ1n) is 8.32. The van der Waals surface area contributed by atoms with Crippen LogP contribution in [0.3, 0.4) is 0 Å². The van der Waals surface area contributed by atoms with E-state index in [0.717, 1.165) is 26.2 Å². The number of piperazine rings is 1. The second-order valence-electron chi connectivity index (χ2n) is 6.30. The van der Waals surface area contributed by atoms with Crippen LogP contribution in [0.5, 0.6) is 0 Å². The van der Waals surface area contributed by atoms with Gasteiger partial charge < -0.3 is 14.4 Å². The number of nitrogens with zero attached hydrogens (tertiary/aromatic N) is 3. The van der Waals surface area contributed by atoms with Gasteiger partial charge in [-0.15, -0.1) is 0 Å². The molecule has 0 aliphatic carbocycles. The summed E-state index contributed by atoms with van der Waals surface area (Å²) in [5.74, 6) is 0.0139.